The summed E-state index contributed by atoms with van der Waals surface area (Å²) in [7, 11) is 3.09. The van der Waals surface area contributed by atoms with Crippen LogP contribution in [0.25, 0.3) is 16.8 Å². The van der Waals surface area contributed by atoms with Crippen molar-refractivity contribution in [3.63, 3.8) is 0 Å². The van der Waals surface area contributed by atoms with Crippen molar-refractivity contribution in [2.24, 2.45) is 4.99 Å². The standard InChI is InChI=1S/C39H37ClN2O7S/c1-7-47-38(44)34-23(4)41-39-42(35(34)28-14-15-30(49-22(2)3)31(20-28)45-5)37(43)33(50-39)19-25-17-29(40)36(32(18-25)46-6)48-21-24-12-13-26-10-8-9-11-27(26)16-24/h8-20,22,35H,7,21H2,1-6H3/b33-19-/t35-/m1/s1. The molecule has 11 heteroatoms. The van der Waals surface area contributed by atoms with Gasteiger partial charge in [-0.15, -0.1) is 0 Å². The number of allylic oxidation sites excluding steroid dienone is 1. The first-order valence-corrected chi connectivity index (χ1v) is 17.3. The van der Waals surface area contributed by atoms with E-state index >= 15 is 0 Å². The predicted molar refractivity (Wildman–Crippen MR) is 195 cm³/mol. The first-order chi connectivity index (χ1) is 24.1. The van der Waals surface area contributed by atoms with Crippen LogP contribution in [0.4, 0.5) is 0 Å². The maximum atomic E-state index is 14.2. The fraction of sp³-hybridized carbons (Fsp3) is 0.256. The van der Waals surface area contributed by atoms with E-state index in [0.29, 0.717) is 54.2 Å². The molecule has 1 aromatic heterocycles. The summed E-state index contributed by atoms with van der Waals surface area (Å²) < 4.78 is 30.7. The number of hydrogen-bond acceptors (Lipinski definition) is 9. The minimum Gasteiger partial charge on any atom is -0.493 e. The highest BCUT2D eigenvalue weighted by Crippen LogP contribution is 2.38. The second-order valence-corrected chi connectivity index (χ2v) is 13.3. The van der Waals surface area contributed by atoms with Gasteiger partial charge < -0.3 is 23.7 Å². The molecule has 1 aliphatic heterocycles. The molecule has 6 rings (SSSR count). The van der Waals surface area contributed by atoms with Gasteiger partial charge in [-0.2, -0.15) is 0 Å². The summed E-state index contributed by atoms with van der Waals surface area (Å²) >= 11 is 7.97. The van der Waals surface area contributed by atoms with Crippen LogP contribution in [0.3, 0.4) is 0 Å². The molecule has 0 aliphatic carbocycles. The molecular weight excluding hydrogens is 676 g/mol. The van der Waals surface area contributed by atoms with Gasteiger partial charge in [0.15, 0.2) is 27.8 Å². The van der Waals surface area contributed by atoms with E-state index in [1.165, 1.54) is 23.0 Å². The molecule has 0 spiro atoms. The zero-order chi connectivity index (χ0) is 35.5. The number of carbonyl (C=O) groups excluding carboxylic acids is 1. The average molecular weight is 713 g/mol. The van der Waals surface area contributed by atoms with Crippen LogP contribution in [0.5, 0.6) is 23.0 Å². The number of halogens is 1. The van der Waals surface area contributed by atoms with Gasteiger partial charge in [-0.25, -0.2) is 9.79 Å². The monoisotopic (exact) mass is 712 g/mol. The van der Waals surface area contributed by atoms with Crippen LogP contribution in [0, 0.1) is 0 Å². The van der Waals surface area contributed by atoms with Gasteiger partial charge in [0.2, 0.25) is 0 Å². The van der Waals surface area contributed by atoms with Crippen LogP contribution in [-0.4, -0.2) is 37.5 Å². The molecule has 0 bridgehead atoms. The van der Waals surface area contributed by atoms with Crippen molar-refractivity contribution in [3.8, 4) is 23.0 Å². The summed E-state index contributed by atoms with van der Waals surface area (Å²) in [5, 5.41) is 2.60. The minimum absolute atomic E-state index is 0.0815. The van der Waals surface area contributed by atoms with Crippen molar-refractivity contribution in [2.75, 3.05) is 20.8 Å². The van der Waals surface area contributed by atoms with E-state index in [-0.39, 0.29) is 30.5 Å². The molecular formula is C39H37ClN2O7S. The number of nitrogens with zero attached hydrogens (tertiary/aromatic N) is 2. The number of aromatic nitrogens is 1. The van der Waals surface area contributed by atoms with Gasteiger partial charge in [0.1, 0.15) is 6.61 Å². The second-order valence-electron chi connectivity index (χ2n) is 11.9. The Labute approximate surface area is 298 Å². The molecule has 0 N–H and O–H groups in total. The summed E-state index contributed by atoms with van der Waals surface area (Å²) in [5.74, 6) is 1.29. The number of carbonyl (C=O) groups is 1. The minimum atomic E-state index is -0.821. The van der Waals surface area contributed by atoms with Crippen LogP contribution in [0.15, 0.2) is 93.9 Å². The summed E-state index contributed by atoms with van der Waals surface area (Å²) in [4.78, 5) is 32.7. The number of rotatable bonds is 11. The summed E-state index contributed by atoms with van der Waals surface area (Å²) in [6.07, 6.45) is 1.65. The fourth-order valence-electron chi connectivity index (χ4n) is 5.91. The second kappa shape index (κ2) is 14.8. The SMILES string of the molecule is CCOC(=O)C1=C(C)N=c2s/c(=C\c3cc(Cl)c(OCc4ccc5ccccc5c4)c(OC)c3)c(=O)n2[C@@H]1c1ccc(OC(C)C)c(OC)c1. The molecule has 50 heavy (non-hydrogen) atoms. The van der Waals surface area contributed by atoms with Crippen LogP contribution < -0.4 is 33.8 Å². The Morgan fingerprint density at radius 1 is 0.980 bits per heavy atom. The molecule has 0 amide bonds. The first-order valence-electron chi connectivity index (χ1n) is 16.1. The maximum Gasteiger partial charge on any atom is 0.338 e. The molecule has 258 valence electrons. The van der Waals surface area contributed by atoms with Gasteiger partial charge in [0.25, 0.3) is 5.56 Å². The Balaban J connectivity index is 1.39. The summed E-state index contributed by atoms with van der Waals surface area (Å²) in [5.41, 5.74) is 2.65. The smallest absolute Gasteiger partial charge is 0.338 e. The highest BCUT2D eigenvalue weighted by Gasteiger charge is 2.34. The van der Waals surface area contributed by atoms with E-state index in [1.807, 2.05) is 38.1 Å². The van der Waals surface area contributed by atoms with E-state index in [0.717, 1.165) is 16.3 Å². The van der Waals surface area contributed by atoms with Gasteiger partial charge in [0.05, 0.1) is 53.8 Å². The van der Waals surface area contributed by atoms with E-state index in [4.69, 9.17) is 35.3 Å². The molecule has 0 saturated carbocycles. The summed E-state index contributed by atoms with van der Waals surface area (Å²) in [6, 6.07) is 22.3. The molecule has 1 atom stereocenters. The van der Waals surface area contributed by atoms with Crippen LogP contribution in [-0.2, 0) is 16.1 Å². The lowest BCUT2D eigenvalue weighted by atomic mass is 9.95. The lowest BCUT2D eigenvalue weighted by Crippen LogP contribution is -2.40. The molecule has 2 heterocycles. The number of methoxy groups -OCH3 is 2. The number of thiazole rings is 1. The highest BCUT2D eigenvalue weighted by molar-refractivity contribution is 7.07. The topological polar surface area (TPSA) is 97.6 Å². The zero-order valence-electron chi connectivity index (χ0n) is 28.6. The van der Waals surface area contributed by atoms with E-state index in [2.05, 4.69) is 29.3 Å². The zero-order valence-corrected chi connectivity index (χ0v) is 30.2. The van der Waals surface area contributed by atoms with Crippen molar-refractivity contribution < 1.29 is 28.5 Å². The van der Waals surface area contributed by atoms with Crippen molar-refractivity contribution in [1.29, 1.82) is 0 Å². The Morgan fingerprint density at radius 3 is 2.46 bits per heavy atom. The Bertz CT molecular complexity index is 2310. The molecule has 0 fully saturated rings. The van der Waals surface area contributed by atoms with Gasteiger partial charge in [-0.3, -0.25) is 9.36 Å². The van der Waals surface area contributed by atoms with E-state index in [9.17, 15) is 9.59 Å². The molecule has 0 radical (unpaired) electrons. The molecule has 9 nitrogen and oxygen atoms in total. The van der Waals surface area contributed by atoms with E-state index < -0.39 is 12.0 Å². The lowest BCUT2D eigenvalue weighted by Gasteiger charge is -2.25. The van der Waals surface area contributed by atoms with Gasteiger partial charge in [-0.1, -0.05) is 65.4 Å². The average Bonchev–Trinajstić information content (AvgIpc) is 3.40. The Kier molecular flexibility index (Phi) is 10.3. The number of hydrogen-bond donors (Lipinski definition) is 0. The number of esters is 1. The molecule has 4 aromatic carbocycles. The first kappa shape index (κ1) is 34.8. The highest BCUT2D eigenvalue weighted by atomic mass is 35.5. The Morgan fingerprint density at radius 2 is 1.74 bits per heavy atom. The van der Waals surface area contributed by atoms with Crippen molar-refractivity contribution in [3.05, 3.63) is 125 Å². The maximum absolute atomic E-state index is 14.2. The summed E-state index contributed by atoms with van der Waals surface area (Å²) in [6.45, 7) is 7.78. The molecule has 0 saturated heterocycles. The van der Waals surface area contributed by atoms with Crippen molar-refractivity contribution in [2.45, 2.75) is 46.4 Å². The Hall–Kier alpha value is -5.06. The lowest BCUT2D eigenvalue weighted by molar-refractivity contribution is -0.139. The van der Waals surface area contributed by atoms with Gasteiger partial charge in [0, 0.05) is 0 Å². The quantitative estimate of drug-likeness (QED) is 0.136. The third kappa shape index (κ3) is 6.99. The normalized spacial score (nSPS) is 14.4. The van der Waals surface area contributed by atoms with Crippen molar-refractivity contribution >= 4 is 45.8 Å². The predicted octanol–water partition coefficient (Wildman–Crippen LogP) is 6.99. The van der Waals surface area contributed by atoms with Crippen LogP contribution >= 0.6 is 22.9 Å². The van der Waals surface area contributed by atoms with Gasteiger partial charge in [-0.05, 0) is 91.6 Å². The third-order valence-corrected chi connectivity index (χ3v) is 9.39. The third-order valence-electron chi connectivity index (χ3n) is 8.13. The van der Waals surface area contributed by atoms with Crippen LogP contribution in [0.2, 0.25) is 5.02 Å². The molecule has 5 aromatic rings. The number of ether oxygens (including phenoxy) is 5. The fourth-order valence-corrected chi connectivity index (χ4v) is 7.23. The van der Waals surface area contributed by atoms with Gasteiger partial charge >= 0.3 is 5.97 Å². The van der Waals surface area contributed by atoms with Crippen LogP contribution in [0.1, 0.15) is 50.4 Å². The van der Waals surface area contributed by atoms with Crippen molar-refractivity contribution in [1.82, 2.24) is 4.57 Å². The molecule has 0 unspecified atom stereocenters. The largest absolute Gasteiger partial charge is 0.493 e. The number of benzene rings is 4. The van der Waals surface area contributed by atoms with E-state index in [1.54, 1.807) is 51.3 Å². The molecule has 1 aliphatic rings. The number of fused-ring (bicyclic) bond motifs is 2.